The van der Waals surface area contributed by atoms with Crippen molar-refractivity contribution in [1.29, 1.82) is 0 Å². The van der Waals surface area contributed by atoms with Crippen molar-refractivity contribution in [2.75, 3.05) is 20.3 Å². The van der Waals surface area contributed by atoms with Gasteiger partial charge in [0.15, 0.2) is 11.7 Å². The van der Waals surface area contributed by atoms with Crippen LogP contribution in [0, 0.1) is 0 Å². The number of thiocarbonyl (C=S) groups is 1. The van der Waals surface area contributed by atoms with Gasteiger partial charge < -0.3 is 24.8 Å². The molecular weight excluding hydrogens is 484 g/mol. The first kappa shape index (κ1) is 26.4. The monoisotopic (exact) mass is 510 g/mol. The van der Waals surface area contributed by atoms with E-state index < -0.39 is 23.9 Å². The Morgan fingerprint density at radius 3 is 2.53 bits per heavy atom. The van der Waals surface area contributed by atoms with Crippen LogP contribution in [0.3, 0.4) is 0 Å². The first-order chi connectivity index (χ1) is 17.3. The van der Waals surface area contributed by atoms with E-state index in [1.54, 1.807) is 62.4 Å². The third kappa shape index (κ3) is 6.66. The van der Waals surface area contributed by atoms with Gasteiger partial charge in [-0.1, -0.05) is 30.3 Å². The molecule has 11 heteroatoms. The second-order valence-electron chi connectivity index (χ2n) is 7.52. The Labute approximate surface area is 213 Å². The van der Waals surface area contributed by atoms with Crippen molar-refractivity contribution in [2.45, 2.75) is 19.9 Å². The minimum atomic E-state index is -0.622. The molecule has 3 N–H and O–H groups in total. The second kappa shape index (κ2) is 12.5. The van der Waals surface area contributed by atoms with Gasteiger partial charge in [-0.25, -0.2) is 15.0 Å². The molecule has 0 radical (unpaired) electrons. The Bertz CT molecular complexity index is 1210. The summed E-state index contributed by atoms with van der Waals surface area (Å²) in [6, 6.07) is 12.9. The fraction of sp³-hybridized carbons (Fsp3) is 0.240. The van der Waals surface area contributed by atoms with Crippen molar-refractivity contribution in [3.8, 4) is 5.75 Å². The van der Waals surface area contributed by atoms with E-state index in [1.807, 2.05) is 0 Å². The number of carbonyl (C=O) groups excluding carboxylic acids is 3. The van der Waals surface area contributed by atoms with Gasteiger partial charge in [0.1, 0.15) is 5.75 Å². The Morgan fingerprint density at radius 2 is 1.83 bits per heavy atom. The number of nitrogens with one attached hydrogen (secondary N) is 3. The van der Waals surface area contributed by atoms with Gasteiger partial charge in [0.25, 0.3) is 5.91 Å². The van der Waals surface area contributed by atoms with Gasteiger partial charge in [-0.2, -0.15) is 5.10 Å². The lowest BCUT2D eigenvalue weighted by molar-refractivity contribution is -0.139. The molecular formula is C25H26N4O6S. The maximum Gasteiger partial charge on any atom is 0.338 e. The maximum absolute atomic E-state index is 12.6. The maximum atomic E-state index is 12.6. The van der Waals surface area contributed by atoms with Crippen LogP contribution in [-0.2, 0) is 19.1 Å². The van der Waals surface area contributed by atoms with Gasteiger partial charge in [0.05, 0.1) is 37.1 Å². The summed E-state index contributed by atoms with van der Waals surface area (Å²) in [5.41, 5.74) is 5.03. The summed E-state index contributed by atoms with van der Waals surface area (Å²) in [7, 11) is 1.31. The molecule has 188 valence electrons. The first-order valence-electron chi connectivity index (χ1n) is 11.0. The molecule has 10 nitrogen and oxygen atoms in total. The van der Waals surface area contributed by atoms with E-state index in [1.165, 1.54) is 13.3 Å². The minimum Gasteiger partial charge on any atom is -0.483 e. The number of para-hydroxylation sites is 1. The third-order valence-corrected chi connectivity index (χ3v) is 5.31. The molecule has 1 heterocycles. The third-order valence-electron chi connectivity index (χ3n) is 5.09. The van der Waals surface area contributed by atoms with E-state index in [9.17, 15) is 14.4 Å². The lowest BCUT2D eigenvalue weighted by Crippen LogP contribution is -2.45. The Kier molecular flexibility index (Phi) is 9.12. The van der Waals surface area contributed by atoms with Crippen LogP contribution in [0.25, 0.3) is 0 Å². The summed E-state index contributed by atoms with van der Waals surface area (Å²) in [4.78, 5) is 36.4. The topological polar surface area (TPSA) is 127 Å². The largest absolute Gasteiger partial charge is 0.483 e. The number of hydrazone groups is 1. The highest BCUT2D eigenvalue weighted by atomic mass is 32.1. The molecule has 36 heavy (non-hydrogen) atoms. The smallest absolute Gasteiger partial charge is 0.338 e. The van der Waals surface area contributed by atoms with Crippen molar-refractivity contribution in [3.05, 3.63) is 76.5 Å². The molecule has 2 aromatic rings. The molecule has 3 rings (SSSR count). The predicted octanol–water partition coefficient (Wildman–Crippen LogP) is 2.36. The molecule has 0 aromatic heterocycles. The van der Waals surface area contributed by atoms with E-state index in [4.69, 9.17) is 21.7 Å². The molecule has 1 aliphatic heterocycles. The summed E-state index contributed by atoms with van der Waals surface area (Å²) < 4.78 is 15.6. The van der Waals surface area contributed by atoms with Gasteiger partial charge in [-0.05, 0) is 49.8 Å². The minimum absolute atomic E-state index is 0.223. The lowest BCUT2D eigenvalue weighted by atomic mass is 9.95. The van der Waals surface area contributed by atoms with Crippen LogP contribution in [-0.4, -0.2) is 49.5 Å². The highest BCUT2D eigenvalue weighted by Crippen LogP contribution is 2.33. The van der Waals surface area contributed by atoms with Crippen LogP contribution in [0.2, 0.25) is 0 Å². The van der Waals surface area contributed by atoms with E-state index in [-0.39, 0.29) is 13.2 Å². The van der Waals surface area contributed by atoms with Crippen molar-refractivity contribution in [2.24, 2.45) is 5.10 Å². The van der Waals surface area contributed by atoms with Crippen LogP contribution >= 0.6 is 12.2 Å². The molecule has 0 spiro atoms. The molecule has 0 unspecified atom stereocenters. The fourth-order valence-corrected chi connectivity index (χ4v) is 3.71. The zero-order valence-corrected chi connectivity index (χ0v) is 20.8. The number of carbonyl (C=O) groups is 3. The molecule has 1 aliphatic rings. The molecule has 2 aromatic carbocycles. The number of nitrogens with zero attached hydrogens (tertiary/aromatic N) is 1. The van der Waals surface area contributed by atoms with Crippen molar-refractivity contribution in [1.82, 2.24) is 16.1 Å². The number of esters is 2. The standard InChI is InChI=1S/C25H26N4O6S/c1-4-34-24(32)21-15(2)27-25(36)28-22(21)18-7-5-6-8-19(18)35-14-20(30)29-26-13-16-9-11-17(12-10-16)23(31)33-3/h5-13,22H,4,14H2,1-3H3,(H,29,30)(H2,27,28,36)/t22-/m1/s1. The van der Waals surface area contributed by atoms with E-state index in [2.05, 4.69) is 25.9 Å². The zero-order valence-electron chi connectivity index (χ0n) is 20.0. The quantitative estimate of drug-likeness (QED) is 0.202. The number of hydrogen-bond donors (Lipinski definition) is 3. The average molecular weight is 511 g/mol. The Morgan fingerprint density at radius 1 is 1.11 bits per heavy atom. The number of methoxy groups -OCH3 is 1. The highest BCUT2D eigenvalue weighted by Gasteiger charge is 2.32. The van der Waals surface area contributed by atoms with Gasteiger partial charge in [-0.3, -0.25) is 4.79 Å². The normalized spacial score (nSPS) is 15.1. The van der Waals surface area contributed by atoms with Crippen LogP contribution in [0.4, 0.5) is 0 Å². The average Bonchev–Trinajstić information content (AvgIpc) is 2.87. The fourth-order valence-electron chi connectivity index (χ4n) is 3.43. The number of allylic oxidation sites excluding steroid dienone is 1. The molecule has 0 fully saturated rings. The van der Waals surface area contributed by atoms with Crippen molar-refractivity contribution < 1.29 is 28.6 Å². The second-order valence-corrected chi connectivity index (χ2v) is 7.93. The summed E-state index contributed by atoms with van der Waals surface area (Å²) in [6.07, 6.45) is 1.44. The van der Waals surface area contributed by atoms with Gasteiger partial charge >= 0.3 is 11.9 Å². The summed E-state index contributed by atoms with van der Waals surface area (Å²) in [6.45, 7) is 3.38. The number of amides is 1. The first-order valence-corrected chi connectivity index (χ1v) is 11.4. The van der Waals surface area contributed by atoms with Crippen LogP contribution < -0.4 is 20.8 Å². The number of ether oxygens (including phenoxy) is 3. The molecule has 0 saturated heterocycles. The molecule has 0 saturated carbocycles. The van der Waals surface area contributed by atoms with E-state index in [0.29, 0.717) is 38.8 Å². The Hall–Kier alpha value is -4.25. The molecule has 0 bridgehead atoms. The number of benzene rings is 2. The summed E-state index contributed by atoms with van der Waals surface area (Å²) in [5.74, 6) is -1.01. The van der Waals surface area contributed by atoms with Crippen molar-refractivity contribution in [3.63, 3.8) is 0 Å². The van der Waals surface area contributed by atoms with E-state index in [0.717, 1.165) is 0 Å². The lowest BCUT2D eigenvalue weighted by Gasteiger charge is -2.30. The van der Waals surface area contributed by atoms with Crippen molar-refractivity contribution >= 4 is 41.4 Å². The van der Waals surface area contributed by atoms with E-state index >= 15 is 0 Å². The highest BCUT2D eigenvalue weighted by molar-refractivity contribution is 7.80. The number of rotatable bonds is 9. The summed E-state index contributed by atoms with van der Waals surface area (Å²) in [5, 5.41) is 10.3. The zero-order chi connectivity index (χ0) is 26.1. The van der Waals surface area contributed by atoms with Crippen LogP contribution in [0.1, 0.15) is 41.4 Å². The molecule has 1 atom stereocenters. The van der Waals surface area contributed by atoms with Crippen LogP contribution in [0.5, 0.6) is 5.75 Å². The Balaban J connectivity index is 1.66. The van der Waals surface area contributed by atoms with Gasteiger partial charge in [0.2, 0.25) is 0 Å². The van der Waals surface area contributed by atoms with Gasteiger partial charge in [0, 0.05) is 11.3 Å². The van der Waals surface area contributed by atoms with Crippen LogP contribution in [0.15, 0.2) is 64.9 Å². The SMILES string of the molecule is CCOC(=O)C1=C(C)NC(=S)N[C@@H]1c1ccccc1OCC(=O)NN=Cc1ccc(C(=O)OC)cc1. The molecule has 1 amide bonds. The van der Waals surface area contributed by atoms with Gasteiger partial charge in [-0.15, -0.1) is 0 Å². The number of hydrogen-bond acceptors (Lipinski definition) is 8. The predicted molar refractivity (Wildman–Crippen MR) is 136 cm³/mol. The summed E-state index contributed by atoms with van der Waals surface area (Å²) >= 11 is 5.28. The molecule has 0 aliphatic carbocycles.